The molecule has 108 valence electrons. The summed E-state index contributed by atoms with van der Waals surface area (Å²) in [5, 5.41) is 0. The summed E-state index contributed by atoms with van der Waals surface area (Å²) in [6.07, 6.45) is 10.4. The molecule has 0 spiro atoms. The third-order valence-corrected chi connectivity index (χ3v) is 6.77. The quantitative estimate of drug-likeness (QED) is 0.574. The highest BCUT2D eigenvalue weighted by Gasteiger charge is 2.59. The molecule has 0 aromatic heterocycles. The van der Waals surface area contributed by atoms with Gasteiger partial charge in [0.1, 0.15) is 5.60 Å². The average Bonchev–Trinajstić information content (AvgIpc) is 2.25. The molecular formula is C18H30O. The van der Waals surface area contributed by atoms with E-state index in [4.69, 9.17) is 4.74 Å². The van der Waals surface area contributed by atoms with Crippen molar-refractivity contribution in [3.63, 3.8) is 0 Å². The number of rotatable bonds is 0. The molecule has 0 aromatic rings. The van der Waals surface area contributed by atoms with Gasteiger partial charge in [0.05, 0.1) is 5.76 Å². The molecule has 1 heterocycles. The van der Waals surface area contributed by atoms with Crippen LogP contribution in [-0.4, -0.2) is 5.60 Å². The van der Waals surface area contributed by atoms with E-state index in [0.717, 1.165) is 11.7 Å². The van der Waals surface area contributed by atoms with Crippen LogP contribution in [-0.2, 0) is 4.74 Å². The maximum Gasteiger partial charge on any atom is 0.109 e. The van der Waals surface area contributed by atoms with Gasteiger partial charge in [-0.15, -0.1) is 0 Å². The van der Waals surface area contributed by atoms with Crippen LogP contribution in [0.3, 0.4) is 0 Å². The smallest absolute Gasteiger partial charge is 0.109 e. The summed E-state index contributed by atoms with van der Waals surface area (Å²) in [5.41, 5.74) is 1.09. The van der Waals surface area contributed by atoms with Crippen LogP contribution in [0.1, 0.15) is 73.1 Å². The second kappa shape index (κ2) is 4.02. The number of allylic oxidation sites excluding steroid dienone is 2. The number of fused-ring (bicyclic) bond motifs is 3. The van der Waals surface area contributed by atoms with Gasteiger partial charge in [0.15, 0.2) is 0 Å². The molecule has 1 unspecified atom stereocenters. The van der Waals surface area contributed by atoms with Crippen molar-refractivity contribution in [3.05, 3.63) is 11.8 Å². The first-order valence-corrected chi connectivity index (χ1v) is 8.14. The molecule has 0 radical (unpaired) electrons. The lowest BCUT2D eigenvalue weighted by molar-refractivity contribution is -0.181. The summed E-state index contributed by atoms with van der Waals surface area (Å²) in [6.45, 7) is 12.1. The van der Waals surface area contributed by atoms with Crippen molar-refractivity contribution >= 4 is 0 Å². The molecule has 0 amide bonds. The van der Waals surface area contributed by atoms with E-state index in [0.29, 0.717) is 16.7 Å². The minimum atomic E-state index is 0.0947. The van der Waals surface area contributed by atoms with Gasteiger partial charge < -0.3 is 4.74 Å². The lowest BCUT2D eigenvalue weighted by Crippen LogP contribution is -2.58. The standard InChI is InChI=1S/C18H30O/c1-13-7-8-15-17(4)11-6-10-16(2,3)14(17)9-12-18(15,5)19-13/h7,14-15H,6,8-12H2,1-5H3/t14-,15?,17-,18+/m0/s1. The van der Waals surface area contributed by atoms with Gasteiger partial charge in [-0.2, -0.15) is 0 Å². The van der Waals surface area contributed by atoms with Gasteiger partial charge in [-0.05, 0) is 68.8 Å². The van der Waals surface area contributed by atoms with Crippen molar-refractivity contribution in [1.29, 1.82) is 0 Å². The molecule has 3 aliphatic rings. The van der Waals surface area contributed by atoms with E-state index >= 15 is 0 Å². The predicted octanol–water partition coefficient (Wildman–Crippen LogP) is 5.31. The minimum absolute atomic E-state index is 0.0947. The highest BCUT2D eigenvalue weighted by molar-refractivity contribution is 5.13. The van der Waals surface area contributed by atoms with Crippen LogP contribution in [0, 0.1) is 22.7 Å². The summed E-state index contributed by atoms with van der Waals surface area (Å²) in [6, 6.07) is 0. The fourth-order valence-electron chi connectivity index (χ4n) is 5.94. The van der Waals surface area contributed by atoms with E-state index < -0.39 is 0 Å². The van der Waals surface area contributed by atoms with Crippen molar-refractivity contribution in [2.45, 2.75) is 78.7 Å². The van der Waals surface area contributed by atoms with Crippen molar-refractivity contribution in [2.24, 2.45) is 22.7 Å². The van der Waals surface area contributed by atoms with E-state index in [2.05, 4.69) is 40.7 Å². The third-order valence-electron chi connectivity index (χ3n) is 6.77. The monoisotopic (exact) mass is 262 g/mol. The Balaban J connectivity index is 1.99. The first-order valence-electron chi connectivity index (χ1n) is 8.14. The Hall–Kier alpha value is -0.460. The Kier molecular flexibility index (Phi) is 2.86. The van der Waals surface area contributed by atoms with Crippen LogP contribution in [0.25, 0.3) is 0 Å². The van der Waals surface area contributed by atoms with Crippen molar-refractivity contribution in [3.8, 4) is 0 Å². The second-order valence-electron chi connectivity index (χ2n) is 8.46. The zero-order valence-corrected chi connectivity index (χ0v) is 13.4. The van der Waals surface area contributed by atoms with E-state index in [1.807, 2.05) is 0 Å². The van der Waals surface area contributed by atoms with Crippen molar-refractivity contribution in [2.75, 3.05) is 0 Å². The zero-order chi connectivity index (χ0) is 13.9. The lowest BCUT2D eigenvalue weighted by atomic mass is 9.45. The van der Waals surface area contributed by atoms with Gasteiger partial charge in [0, 0.05) is 5.92 Å². The third kappa shape index (κ3) is 1.87. The molecular weight excluding hydrogens is 232 g/mol. The maximum atomic E-state index is 6.32. The Labute approximate surface area is 118 Å². The second-order valence-corrected chi connectivity index (χ2v) is 8.46. The van der Waals surface area contributed by atoms with Gasteiger partial charge in [0.2, 0.25) is 0 Å². The summed E-state index contributed by atoms with van der Waals surface area (Å²) in [4.78, 5) is 0. The first-order chi connectivity index (χ1) is 8.78. The number of ether oxygens (including phenoxy) is 1. The van der Waals surface area contributed by atoms with Crippen LogP contribution >= 0.6 is 0 Å². The molecule has 0 bridgehead atoms. The maximum absolute atomic E-state index is 6.32. The minimum Gasteiger partial charge on any atom is -0.492 e. The predicted molar refractivity (Wildman–Crippen MR) is 79.8 cm³/mol. The molecule has 19 heavy (non-hydrogen) atoms. The van der Waals surface area contributed by atoms with Gasteiger partial charge in [-0.25, -0.2) is 0 Å². The molecule has 0 aromatic carbocycles. The average molecular weight is 262 g/mol. The molecule has 2 fully saturated rings. The Morgan fingerprint density at radius 1 is 1.05 bits per heavy atom. The SMILES string of the molecule is CC1=CCC2[C@@](C)(CC[C@H]3C(C)(C)CCC[C@]23C)O1. The van der Waals surface area contributed by atoms with Crippen molar-refractivity contribution in [1.82, 2.24) is 0 Å². The largest absolute Gasteiger partial charge is 0.492 e. The molecule has 1 nitrogen and oxygen atoms in total. The van der Waals surface area contributed by atoms with Crippen LogP contribution in [0.4, 0.5) is 0 Å². The summed E-state index contributed by atoms with van der Waals surface area (Å²) in [7, 11) is 0. The summed E-state index contributed by atoms with van der Waals surface area (Å²) >= 11 is 0. The molecule has 1 heteroatoms. The Bertz CT molecular complexity index is 408. The van der Waals surface area contributed by atoms with Gasteiger partial charge >= 0.3 is 0 Å². The summed E-state index contributed by atoms with van der Waals surface area (Å²) < 4.78 is 6.32. The van der Waals surface area contributed by atoms with Gasteiger partial charge in [-0.1, -0.05) is 27.2 Å². The van der Waals surface area contributed by atoms with Gasteiger partial charge in [0.25, 0.3) is 0 Å². The zero-order valence-electron chi connectivity index (χ0n) is 13.4. The first kappa shape index (κ1) is 13.5. The van der Waals surface area contributed by atoms with E-state index in [1.54, 1.807) is 0 Å². The molecule has 0 saturated heterocycles. The Morgan fingerprint density at radius 2 is 1.79 bits per heavy atom. The highest BCUT2D eigenvalue weighted by Crippen LogP contribution is 2.64. The molecule has 2 saturated carbocycles. The van der Waals surface area contributed by atoms with E-state index in [1.165, 1.54) is 38.5 Å². The molecule has 0 N–H and O–H groups in total. The fraction of sp³-hybridized carbons (Fsp3) is 0.889. The van der Waals surface area contributed by atoms with Crippen molar-refractivity contribution < 1.29 is 4.74 Å². The van der Waals surface area contributed by atoms with Crippen LogP contribution in [0.5, 0.6) is 0 Å². The van der Waals surface area contributed by atoms with E-state index in [9.17, 15) is 0 Å². The van der Waals surface area contributed by atoms with E-state index in [-0.39, 0.29) is 5.60 Å². The van der Waals surface area contributed by atoms with Crippen LogP contribution in [0.15, 0.2) is 11.8 Å². The Morgan fingerprint density at radius 3 is 2.53 bits per heavy atom. The molecule has 4 atom stereocenters. The molecule has 1 aliphatic heterocycles. The fourth-order valence-corrected chi connectivity index (χ4v) is 5.94. The van der Waals surface area contributed by atoms with Crippen LogP contribution < -0.4 is 0 Å². The number of hydrogen-bond donors (Lipinski definition) is 0. The highest BCUT2D eigenvalue weighted by atomic mass is 16.5. The number of hydrogen-bond acceptors (Lipinski definition) is 1. The molecule has 2 aliphatic carbocycles. The van der Waals surface area contributed by atoms with Gasteiger partial charge in [-0.3, -0.25) is 0 Å². The normalized spacial score (nSPS) is 48.6. The topological polar surface area (TPSA) is 9.23 Å². The van der Waals surface area contributed by atoms with Crippen LogP contribution in [0.2, 0.25) is 0 Å². The summed E-state index contributed by atoms with van der Waals surface area (Å²) in [5.74, 6) is 2.74. The molecule has 3 rings (SSSR count). The lowest BCUT2D eigenvalue weighted by Gasteiger charge is -2.62.